The van der Waals surface area contributed by atoms with E-state index in [2.05, 4.69) is 35.4 Å². The molecule has 0 amide bonds. The Balaban J connectivity index is 1.02. The fourth-order valence-electron chi connectivity index (χ4n) is 7.46. The van der Waals surface area contributed by atoms with Crippen LogP contribution in [0.4, 0.5) is 0 Å². The van der Waals surface area contributed by atoms with E-state index >= 15 is 0 Å². The summed E-state index contributed by atoms with van der Waals surface area (Å²) in [5.74, 6) is 2.70. The molecule has 4 heteroatoms. The highest BCUT2D eigenvalue weighted by atomic mass is 16.5. The molecule has 0 aliphatic heterocycles. The van der Waals surface area contributed by atoms with Gasteiger partial charge in [0, 0.05) is 25.5 Å². The van der Waals surface area contributed by atoms with Gasteiger partial charge in [0.25, 0.3) is 0 Å². The quantitative estimate of drug-likeness (QED) is 0.402. The Morgan fingerprint density at radius 2 is 1.88 bits per heavy atom. The zero-order chi connectivity index (χ0) is 23.4. The Morgan fingerprint density at radius 1 is 1.03 bits per heavy atom. The number of nitrogens with one attached hydrogen (secondary N) is 1. The summed E-state index contributed by atoms with van der Waals surface area (Å²) < 4.78 is 6.57. The maximum Gasteiger partial charge on any atom is 0.115 e. The number of fused-ring (bicyclic) bond motifs is 5. The predicted octanol–water partition coefficient (Wildman–Crippen LogP) is 6.38. The molecule has 4 nitrogen and oxygen atoms in total. The normalized spacial score (nSPS) is 29.9. The van der Waals surface area contributed by atoms with Crippen molar-refractivity contribution in [3.05, 3.63) is 59.4 Å². The number of phenols is 1. The molecule has 0 spiro atoms. The fourth-order valence-corrected chi connectivity index (χ4v) is 7.46. The predicted molar refractivity (Wildman–Crippen MR) is 137 cm³/mol. The number of aromatic hydroxyl groups is 1. The number of hydrogen-bond acceptors (Lipinski definition) is 4. The van der Waals surface area contributed by atoms with Crippen LogP contribution in [0.1, 0.15) is 87.3 Å². The Labute approximate surface area is 205 Å². The molecule has 184 valence electrons. The summed E-state index contributed by atoms with van der Waals surface area (Å²) in [7, 11) is 0. The molecule has 2 saturated carbocycles. The molecule has 2 fully saturated rings. The van der Waals surface area contributed by atoms with E-state index < -0.39 is 0 Å². The summed E-state index contributed by atoms with van der Waals surface area (Å²) in [4.78, 5) is 4.07. The Bertz CT molecular complexity index is 933. The molecular weight excluding hydrogens is 420 g/mol. The third kappa shape index (κ3) is 5.04. The SMILES string of the molecule is C[C@]12CCC3c4ccc(O)cc4CCC3C1CC[C@@H]2OCCCCCCNCc1ccncc1. The molecule has 3 aliphatic carbocycles. The summed E-state index contributed by atoms with van der Waals surface area (Å²) in [5.41, 5.74) is 4.57. The van der Waals surface area contributed by atoms with Crippen LogP contribution in [-0.2, 0) is 17.7 Å². The van der Waals surface area contributed by atoms with E-state index in [1.165, 1.54) is 74.5 Å². The highest BCUT2D eigenvalue weighted by Gasteiger charge is 2.55. The van der Waals surface area contributed by atoms with Gasteiger partial charge in [-0.3, -0.25) is 4.98 Å². The van der Waals surface area contributed by atoms with Crippen molar-refractivity contribution in [1.82, 2.24) is 10.3 Å². The highest BCUT2D eigenvalue weighted by Crippen LogP contribution is 2.61. The molecule has 0 saturated heterocycles. The van der Waals surface area contributed by atoms with Crippen LogP contribution in [0.3, 0.4) is 0 Å². The maximum atomic E-state index is 9.91. The standard InChI is InChI=1S/C30H42N2O2/c1-30-15-12-26-25-9-7-24(33)20-23(25)6-8-27(26)28(30)10-11-29(30)34-19-5-3-2-4-16-32-21-22-13-17-31-18-14-22/h7,9,13-14,17-18,20,26-29,32-33H,2-6,8,10-12,15-16,19,21H2,1H3/t26?,27?,28?,29-,30-/m0/s1. The van der Waals surface area contributed by atoms with Gasteiger partial charge in [0.05, 0.1) is 6.10 Å². The molecule has 2 aromatic rings. The van der Waals surface area contributed by atoms with Gasteiger partial charge in [-0.25, -0.2) is 0 Å². The van der Waals surface area contributed by atoms with Gasteiger partial charge in [-0.05, 0) is 122 Å². The number of rotatable bonds is 10. The smallest absolute Gasteiger partial charge is 0.115 e. The molecule has 0 radical (unpaired) electrons. The van der Waals surface area contributed by atoms with Crippen LogP contribution in [0.2, 0.25) is 0 Å². The topological polar surface area (TPSA) is 54.4 Å². The molecule has 3 aliphatic rings. The summed E-state index contributed by atoms with van der Waals surface area (Å²) >= 11 is 0. The van der Waals surface area contributed by atoms with Crippen LogP contribution in [-0.4, -0.2) is 29.3 Å². The van der Waals surface area contributed by atoms with Gasteiger partial charge in [0.2, 0.25) is 0 Å². The van der Waals surface area contributed by atoms with Crippen molar-refractivity contribution in [1.29, 1.82) is 0 Å². The minimum Gasteiger partial charge on any atom is -0.508 e. The van der Waals surface area contributed by atoms with Crippen molar-refractivity contribution >= 4 is 0 Å². The van der Waals surface area contributed by atoms with E-state index in [9.17, 15) is 5.11 Å². The van der Waals surface area contributed by atoms with Gasteiger partial charge in [0.15, 0.2) is 0 Å². The fraction of sp³-hybridized carbons (Fsp3) is 0.633. The van der Waals surface area contributed by atoms with Crippen molar-refractivity contribution in [2.75, 3.05) is 13.2 Å². The lowest BCUT2D eigenvalue weighted by Crippen LogP contribution is -2.44. The zero-order valence-electron chi connectivity index (χ0n) is 20.8. The van der Waals surface area contributed by atoms with Gasteiger partial charge < -0.3 is 15.2 Å². The number of aromatic nitrogens is 1. The number of aryl methyl sites for hydroxylation is 1. The minimum atomic E-state index is 0.354. The van der Waals surface area contributed by atoms with Crippen molar-refractivity contribution in [3.63, 3.8) is 0 Å². The van der Waals surface area contributed by atoms with Crippen molar-refractivity contribution in [3.8, 4) is 5.75 Å². The van der Waals surface area contributed by atoms with E-state index in [0.717, 1.165) is 38.0 Å². The lowest BCUT2D eigenvalue weighted by atomic mass is 9.55. The Hall–Kier alpha value is -1.91. The van der Waals surface area contributed by atoms with Crippen LogP contribution in [0.15, 0.2) is 42.7 Å². The monoisotopic (exact) mass is 462 g/mol. The van der Waals surface area contributed by atoms with E-state index in [1.54, 1.807) is 0 Å². The zero-order valence-corrected chi connectivity index (χ0v) is 20.8. The Kier molecular flexibility index (Phi) is 7.55. The molecule has 3 unspecified atom stereocenters. The largest absolute Gasteiger partial charge is 0.508 e. The second kappa shape index (κ2) is 10.8. The lowest BCUT2D eigenvalue weighted by Gasteiger charge is -2.50. The first-order valence-corrected chi connectivity index (χ1v) is 13.7. The summed E-state index contributed by atoms with van der Waals surface area (Å²) in [5, 5.41) is 13.4. The molecule has 2 N–H and O–H groups in total. The van der Waals surface area contributed by atoms with Gasteiger partial charge in [0.1, 0.15) is 5.75 Å². The number of benzene rings is 1. The van der Waals surface area contributed by atoms with Crippen LogP contribution >= 0.6 is 0 Å². The van der Waals surface area contributed by atoms with Crippen LogP contribution in [0.25, 0.3) is 0 Å². The lowest BCUT2D eigenvalue weighted by molar-refractivity contribution is -0.0647. The summed E-state index contributed by atoms with van der Waals surface area (Å²) in [6.45, 7) is 5.47. The summed E-state index contributed by atoms with van der Waals surface area (Å²) in [6, 6.07) is 10.3. The van der Waals surface area contributed by atoms with E-state index in [0.29, 0.717) is 23.2 Å². The first-order valence-electron chi connectivity index (χ1n) is 13.7. The average Bonchev–Trinajstić information content (AvgIpc) is 3.19. The van der Waals surface area contributed by atoms with E-state index in [4.69, 9.17) is 4.74 Å². The first kappa shape index (κ1) is 23.8. The van der Waals surface area contributed by atoms with Crippen molar-refractivity contribution in [2.45, 2.75) is 89.7 Å². The van der Waals surface area contributed by atoms with Crippen LogP contribution < -0.4 is 5.32 Å². The molecule has 5 rings (SSSR count). The highest BCUT2D eigenvalue weighted by molar-refractivity contribution is 5.40. The van der Waals surface area contributed by atoms with Gasteiger partial charge >= 0.3 is 0 Å². The third-order valence-corrected chi connectivity index (χ3v) is 9.27. The third-order valence-electron chi connectivity index (χ3n) is 9.27. The molecule has 1 aromatic heterocycles. The average molecular weight is 463 g/mol. The van der Waals surface area contributed by atoms with Crippen LogP contribution in [0, 0.1) is 17.3 Å². The van der Waals surface area contributed by atoms with Gasteiger partial charge in [-0.15, -0.1) is 0 Å². The molecule has 1 heterocycles. The van der Waals surface area contributed by atoms with Crippen LogP contribution in [0.5, 0.6) is 5.75 Å². The van der Waals surface area contributed by atoms with Crippen molar-refractivity contribution in [2.24, 2.45) is 17.3 Å². The summed E-state index contributed by atoms with van der Waals surface area (Å²) in [6.07, 6.45) is 16.7. The molecule has 34 heavy (non-hydrogen) atoms. The van der Waals surface area contributed by atoms with E-state index in [-0.39, 0.29) is 0 Å². The molecule has 5 atom stereocenters. The van der Waals surface area contributed by atoms with E-state index in [1.807, 2.05) is 24.5 Å². The number of nitrogens with zero attached hydrogens (tertiary/aromatic N) is 1. The first-order chi connectivity index (χ1) is 16.6. The second-order valence-corrected chi connectivity index (χ2v) is 11.2. The number of ether oxygens (including phenoxy) is 1. The van der Waals surface area contributed by atoms with Gasteiger partial charge in [-0.1, -0.05) is 25.8 Å². The number of unbranched alkanes of at least 4 members (excludes halogenated alkanes) is 3. The number of hydrogen-bond donors (Lipinski definition) is 2. The second-order valence-electron chi connectivity index (χ2n) is 11.2. The molecule has 0 bridgehead atoms. The van der Waals surface area contributed by atoms with Crippen molar-refractivity contribution < 1.29 is 9.84 Å². The number of pyridine rings is 1. The molecule has 1 aromatic carbocycles. The Morgan fingerprint density at radius 3 is 2.76 bits per heavy atom. The van der Waals surface area contributed by atoms with Gasteiger partial charge in [-0.2, -0.15) is 0 Å². The minimum absolute atomic E-state index is 0.354. The number of phenolic OH excluding ortho intramolecular Hbond substituents is 1. The maximum absolute atomic E-state index is 9.91. The molecular formula is C30H42N2O2.